The first kappa shape index (κ1) is 29.2. The Hall–Kier alpha value is -3.81. The molecule has 1 fully saturated rings. The molecular formula is C27H31N3O8S2. The molecule has 0 saturated carbocycles. The summed E-state index contributed by atoms with van der Waals surface area (Å²) in [7, 11) is -3.31. The van der Waals surface area contributed by atoms with Crippen LogP contribution in [0.1, 0.15) is 12.8 Å². The highest BCUT2D eigenvalue weighted by Crippen LogP contribution is 2.31. The largest absolute Gasteiger partial charge is 0.497 e. The lowest BCUT2D eigenvalue weighted by Gasteiger charge is -2.31. The average Bonchev–Trinajstić information content (AvgIpc) is 2.97. The monoisotopic (exact) mass is 589 g/mol. The van der Waals surface area contributed by atoms with E-state index >= 15 is 0 Å². The minimum absolute atomic E-state index is 0.0159. The van der Waals surface area contributed by atoms with E-state index < -0.39 is 26.0 Å². The predicted octanol–water partition coefficient (Wildman–Crippen LogP) is 3.55. The molecule has 0 aliphatic carbocycles. The third-order valence-electron chi connectivity index (χ3n) is 6.54. The molecule has 4 rings (SSSR count). The second-order valence-electron chi connectivity index (χ2n) is 9.06. The van der Waals surface area contributed by atoms with Gasteiger partial charge in [0.1, 0.15) is 17.2 Å². The number of carbonyl (C=O) groups is 1. The predicted molar refractivity (Wildman–Crippen MR) is 150 cm³/mol. The number of rotatable bonds is 10. The molecule has 3 aromatic rings. The molecule has 40 heavy (non-hydrogen) atoms. The molecule has 13 heteroatoms. The van der Waals surface area contributed by atoms with Crippen molar-refractivity contribution in [1.82, 2.24) is 4.31 Å². The molecule has 0 bridgehead atoms. The number of hydrogen-bond acceptors (Lipinski definition) is 8. The van der Waals surface area contributed by atoms with Crippen LogP contribution in [0.3, 0.4) is 0 Å². The lowest BCUT2D eigenvalue weighted by molar-refractivity contribution is -0.120. The van der Waals surface area contributed by atoms with Crippen molar-refractivity contribution in [3.63, 3.8) is 0 Å². The molecule has 1 amide bonds. The molecule has 11 nitrogen and oxygen atoms in total. The van der Waals surface area contributed by atoms with E-state index in [4.69, 9.17) is 14.2 Å². The normalized spacial score (nSPS) is 16.1. The number of benzene rings is 3. The molecule has 0 spiro atoms. The molecule has 1 heterocycles. The third kappa shape index (κ3) is 6.49. The Kier molecular flexibility index (Phi) is 8.86. The zero-order chi connectivity index (χ0) is 28.9. The fourth-order valence-electron chi connectivity index (χ4n) is 4.32. The molecule has 2 N–H and O–H groups in total. The van der Waals surface area contributed by atoms with Crippen LogP contribution in [0.5, 0.6) is 17.2 Å². The summed E-state index contributed by atoms with van der Waals surface area (Å²) in [6.45, 7) is 0.358. The SMILES string of the molecule is COc1ccc(S(=O)(=O)N2CCCC(C(=O)Nc3ccc(S(=O)(=O)Nc4ccc(OC)cc4OC)cc3)C2)cc1. The minimum Gasteiger partial charge on any atom is -0.497 e. The Bertz CT molecular complexity index is 1560. The van der Waals surface area contributed by atoms with Crippen molar-refractivity contribution >= 4 is 37.3 Å². The van der Waals surface area contributed by atoms with Crippen LogP contribution in [-0.4, -0.2) is 61.5 Å². The molecule has 1 aliphatic heterocycles. The highest BCUT2D eigenvalue weighted by atomic mass is 32.2. The van der Waals surface area contributed by atoms with Crippen LogP contribution >= 0.6 is 0 Å². The van der Waals surface area contributed by atoms with E-state index in [1.54, 1.807) is 24.3 Å². The molecule has 1 atom stereocenters. The maximum Gasteiger partial charge on any atom is 0.262 e. The summed E-state index contributed by atoms with van der Waals surface area (Å²) in [5.41, 5.74) is 0.633. The van der Waals surface area contributed by atoms with E-state index in [0.29, 0.717) is 42.3 Å². The van der Waals surface area contributed by atoms with E-state index in [2.05, 4.69) is 10.0 Å². The second kappa shape index (κ2) is 12.1. The Morgan fingerprint density at radius 2 is 1.45 bits per heavy atom. The summed E-state index contributed by atoms with van der Waals surface area (Å²) in [5.74, 6) is 0.451. The molecule has 0 radical (unpaired) electrons. The number of hydrogen-bond donors (Lipinski definition) is 2. The van der Waals surface area contributed by atoms with Gasteiger partial charge in [0.25, 0.3) is 10.0 Å². The van der Waals surface area contributed by atoms with E-state index in [1.807, 2.05) is 0 Å². The van der Waals surface area contributed by atoms with Gasteiger partial charge in [0.15, 0.2) is 0 Å². The maximum atomic E-state index is 13.1. The van der Waals surface area contributed by atoms with Crippen molar-refractivity contribution in [2.75, 3.05) is 44.5 Å². The summed E-state index contributed by atoms with van der Waals surface area (Å²) >= 11 is 0. The highest BCUT2D eigenvalue weighted by molar-refractivity contribution is 7.92. The van der Waals surface area contributed by atoms with Crippen molar-refractivity contribution in [2.45, 2.75) is 22.6 Å². The number of ether oxygens (including phenoxy) is 3. The minimum atomic E-state index is -3.95. The smallest absolute Gasteiger partial charge is 0.262 e. The van der Waals surface area contributed by atoms with Gasteiger partial charge in [-0.2, -0.15) is 4.31 Å². The van der Waals surface area contributed by atoms with E-state index in [0.717, 1.165) is 0 Å². The second-order valence-corrected chi connectivity index (χ2v) is 12.7. The number of anilines is 2. The van der Waals surface area contributed by atoms with Crippen molar-refractivity contribution in [3.8, 4) is 17.2 Å². The first-order valence-electron chi connectivity index (χ1n) is 12.4. The van der Waals surface area contributed by atoms with Gasteiger partial charge in [-0.3, -0.25) is 9.52 Å². The average molecular weight is 590 g/mol. The molecule has 1 unspecified atom stereocenters. The first-order chi connectivity index (χ1) is 19.1. The number of nitrogens with one attached hydrogen (secondary N) is 2. The van der Waals surface area contributed by atoms with Gasteiger partial charge in [0.05, 0.1) is 42.7 Å². The number of sulfonamides is 2. The zero-order valence-electron chi connectivity index (χ0n) is 22.3. The van der Waals surface area contributed by atoms with Gasteiger partial charge >= 0.3 is 0 Å². The standard InChI is InChI=1S/C27H31N3O8S2/c1-36-21-8-13-24(14-9-21)40(34,35)30-16-4-5-19(18-30)27(31)28-20-6-11-23(12-7-20)39(32,33)29-25-15-10-22(37-2)17-26(25)38-3/h6-15,17,19,29H,4-5,16,18H2,1-3H3,(H,28,31). The van der Waals surface area contributed by atoms with Crippen LogP contribution in [0.15, 0.2) is 76.5 Å². The van der Waals surface area contributed by atoms with Gasteiger partial charge in [0.2, 0.25) is 15.9 Å². The first-order valence-corrected chi connectivity index (χ1v) is 15.3. The maximum absolute atomic E-state index is 13.1. The van der Waals surface area contributed by atoms with Gasteiger partial charge in [-0.05, 0) is 73.5 Å². The Morgan fingerprint density at radius 1 is 0.825 bits per heavy atom. The number of amides is 1. The fourth-order valence-corrected chi connectivity index (χ4v) is 6.91. The Morgan fingerprint density at radius 3 is 2.08 bits per heavy atom. The summed E-state index contributed by atoms with van der Waals surface area (Å²) in [5, 5.41) is 2.77. The van der Waals surface area contributed by atoms with Gasteiger partial charge in [-0.15, -0.1) is 0 Å². The van der Waals surface area contributed by atoms with Gasteiger partial charge in [-0.1, -0.05) is 0 Å². The molecular weight excluding hydrogens is 558 g/mol. The number of piperidine rings is 1. The highest BCUT2D eigenvalue weighted by Gasteiger charge is 2.33. The Labute approximate surface area is 234 Å². The number of methoxy groups -OCH3 is 3. The van der Waals surface area contributed by atoms with Crippen LogP contribution in [0.4, 0.5) is 11.4 Å². The Balaban J connectivity index is 1.41. The van der Waals surface area contributed by atoms with Crippen molar-refractivity contribution in [1.29, 1.82) is 0 Å². The van der Waals surface area contributed by atoms with E-state index in [1.165, 1.54) is 68.1 Å². The molecule has 214 valence electrons. The third-order valence-corrected chi connectivity index (χ3v) is 9.80. The molecule has 1 saturated heterocycles. The number of nitrogens with zero attached hydrogens (tertiary/aromatic N) is 1. The van der Waals surface area contributed by atoms with E-state index in [-0.39, 0.29) is 27.9 Å². The van der Waals surface area contributed by atoms with Crippen molar-refractivity contribution in [2.24, 2.45) is 5.92 Å². The van der Waals surface area contributed by atoms with Crippen molar-refractivity contribution in [3.05, 3.63) is 66.7 Å². The summed E-state index contributed by atoms with van der Waals surface area (Å²) in [6.07, 6.45) is 1.06. The summed E-state index contributed by atoms with van der Waals surface area (Å²) < 4.78 is 71.4. The van der Waals surface area contributed by atoms with Crippen LogP contribution in [-0.2, 0) is 24.8 Å². The van der Waals surface area contributed by atoms with Crippen LogP contribution in [0, 0.1) is 5.92 Å². The van der Waals surface area contributed by atoms with Gasteiger partial charge in [-0.25, -0.2) is 16.8 Å². The topological polar surface area (TPSA) is 140 Å². The molecule has 0 aromatic heterocycles. The lowest BCUT2D eigenvalue weighted by atomic mass is 9.99. The number of carbonyl (C=O) groups excluding carboxylic acids is 1. The van der Waals surface area contributed by atoms with Gasteiger partial charge < -0.3 is 19.5 Å². The van der Waals surface area contributed by atoms with Crippen molar-refractivity contribution < 1.29 is 35.8 Å². The van der Waals surface area contributed by atoms with Gasteiger partial charge in [0, 0.05) is 24.8 Å². The van der Waals surface area contributed by atoms with Crippen LogP contribution < -0.4 is 24.2 Å². The zero-order valence-corrected chi connectivity index (χ0v) is 23.9. The molecule has 3 aromatic carbocycles. The van der Waals surface area contributed by atoms with Crippen LogP contribution in [0.25, 0.3) is 0 Å². The lowest BCUT2D eigenvalue weighted by Crippen LogP contribution is -2.43. The van der Waals surface area contributed by atoms with Crippen LogP contribution in [0.2, 0.25) is 0 Å². The molecule has 1 aliphatic rings. The summed E-state index contributed by atoms with van der Waals surface area (Å²) in [6, 6.07) is 16.5. The summed E-state index contributed by atoms with van der Waals surface area (Å²) in [4.78, 5) is 13.1. The quantitative estimate of drug-likeness (QED) is 0.366. The van der Waals surface area contributed by atoms with E-state index in [9.17, 15) is 21.6 Å². The fraction of sp³-hybridized carbons (Fsp3) is 0.296.